The van der Waals surface area contributed by atoms with Crippen LogP contribution in [0.1, 0.15) is 16.8 Å². The molecule has 0 radical (unpaired) electrons. The van der Waals surface area contributed by atoms with Crippen LogP contribution in [0.4, 0.5) is 0 Å². The molecule has 1 aliphatic rings. The fourth-order valence-corrected chi connectivity index (χ4v) is 3.21. The van der Waals surface area contributed by atoms with Gasteiger partial charge in [0.2, 0.25) is 0 Å². The smallest absolute Gasteiger partial charge is 0.330 e. The molecule has 1 aromatic carbocycles. The van der Waals surface area contributed by atoms with Crippen molar-refractivity contribution in [1.29, 1.82) is 0 Å². The molecule has 1 amide bonds. The summed E-state index contributed by atoms with van der Waals surface area (Å²) >= 11 is 1.45. The molecule has 7 heteroatoms. The van der Waals surface area contributed by atoms with E-state index < -0.39 is 28.9 Å². The van der Waals surface area contributed by atoms with E-state index in [1.165, 1.54) is 30.0 Å². The second-order valence-electron chi connectivity index (χ2n) is 4.32. The normalized spacial score (nSPS) is 22.1. The average Bonchev–Trinajstić information content (AvgIpc) is 2.82. The van der Waals surface area contributed by atoms with Gasteiger partial charge in [0.25, 0.3) is 5.91 Å². The van der Waals surface area contributed by atoms with Gasteiger partial charge in [-0.05, 0) is 24.3 Å². The second kappa shape index (κ2) is 5.00. The molecule has 6 nitrogen and oxygen atoms in total. The summed E-state index contributed by atoms with van der Waals surface area (Å²) in [4.78, 5) is 23.3. The maximum Gasteiger partial charge on any atom is 0.330 e. The Morgan fingerprint density at radius 2 is 2.05 bits per heavy atom. The van der Waals surface area contributed by atoms with Crippen molar-refractivity contribution in [3.63, 3.8) is 0 Å². The summed E-state index contributed by atoms with van der Waals surface area (Å²) in [5.74, 6) is -1.83. The van der Waals surface area contributed by atoms with Gasteiger partial charge in [-0.1, -0.05) is 6.07 Å². The maximum absolute atomic E-state index is 12.0. The third kappa shape index (κ3) is 2.46. The SMILES string of the molecule is O=C(NC1(C(=O)O)CCSC1)c1cccc(O)c1O. The first-order valence-electron chi connectivity index (χ1n) is 5.61. The van der Waals surface area contributed by atoms with E-state index in [4.69, 9.17) is 0 Å². The van der Waals surface area contributed by atoms with Gasteiger partial charge in [-0.2, -0.15) is 11.8 Å². The number of thioether (sulfide) groups is 1. The third-order valence-corrected chi connectivity index (χ3v) is 4.23. The Morgan fingerprint density at radius 3 is 2.63 bits per heavy atom. The predicted octanol–water partition coefficient (Wildman–Crippen LogP) is 0.788. The number of phenols is 2. The minimum absolute atomic E-state index is 0.141. The first-order chi connectivity index (χ1) is 8.96. The van der Waals surface area contributed by atoms with Crippen molar-refractivity contribution >= 4 is 23.6 Å². The summed E-state index contributed by atoms with van der Waals surface area (Å²) in [5, 5.41) is 30.6. The summed E-state index contributed by atoms with van der Waals surface area (Å²) in [6, 6.07) is 3.97. The van der Waals surface area contributed by atoms with Gasteiger partial charge >= 0.3 is 5.97 Å². The number of aliphatic carboxylic acids is 1. The highest BCUT2D eigenvalue weighted by atomic mass is 32.2. The minimum atomic E-state index is -1.31. The van der Waals surface area contributed by atoms with E-state index in [1.807, 2.05) is 0 Å². The number of aromatic hydroxyl groups is 2. The molecular weight excluding hydrogens is 270 g/mol. The number of carbonyl (C=O) groups is 2. The molecule has 1 fully saturated rings. The average molecular weight is 283 g/mol. The second-order valence-corrected chi connectivity index (χ2v) is 5.42. The molecule has 0 bridgehead atoms. The quantitative estimate of drug-likeness (QED) is 0.611. The van der Waals surface area contributed by atoms with Crippen LogP contribution >= 0.6 is 11.8 Å². The number of para-hydroxylation sites is 1. The van der Waals surface area contributed by atoms with Gasteiger partial charge in [-0.25, -0.2) is 4.79 Å². The molecule has 2 rings (SSSR count). The van der Waals surface area contributed by atoms with Crippen LogP contribution in [0.25, 0.3) is 0 Å². The van der Waals surface area contributed by atoms with Gasteiger partial charge in [0, 0.05) is 5.75 Å². The minimum Gasteiger partial charge on any atom is -0.504 e. The van der Waals surface area contributed by atoms with Crippen LogP contribution in [-0.4, -0.2) is 44.2 Å². The number of nitrogens with one attached hydrogen (secondary N) is 1. The first kappa shape index (κ1) is 13.5. The van der Waals surface area contributed by atoms with Crippen LogP contribution in [0.5, 0.6) is 11.5 Å². The highest BCUT2D eigenvalue weighted by molar-refractivity contribution is 7.99. The number of carboxylic acids is 1. The van der Waals surface area contributed by atoms with Crippen LogP contribution in [-0.2, 0) is 4.79 Å². The lowest BCUT2D eigenvalue weighted by Crippen LogP contribution is -2.54. The van der Waals surface area contributed by atoms with Crippen molar-refractivity contribution in [2.45, 2.75) is 12.0 Å². The van der Waals surface area contributed by atoms with Crippen molar-refractivity contribution in [3.05, 3.63) is 23.8 Å². The van der Waals surface area contributed by atoms with Gasteiger partial charge in [-0.3, -0.25) is 4.79 Å². The number of hydrogen-bond acceptors (Lipinski definition) is 5. The van der Waals surface area contributed by atoms with E-state index in [9.17, 15) is 24.9 Å². The largest absolute Gasteiger partial charge is 0.504 e. The van der Waals surface area contributed by atoms with Crippen LogP contribution in [0, 0.1) is 0 Å². The molecule has 0 aromatic heterocycles. The van der Waals surface area contributed by atoms with Crippen LogP contribution < -0.4 is 5.32 Å². The molecule has 0 aliphatic carbocycles. The Labute approximate surface area is 113 Å². The zero-order valence-corrected chi connectivity index (χ0v) is 10.7. The number of hydrogen-bond donors (Lipinski definition) is 4. The molecule has 19 heavy (non-hydrogen) atoms. The summed E-state index contributed by atoms with van der Waals surface area (Å²) in [6.07, 6.45) is 0.332. The third-order valence-electron chi connectivity index (χ3n) is 3.04. The van der Waals surface area contributed by atoms with Gasteiger partial charge in [0.1, 0.15) is 5.54 Å². The Hall–Kier alpha value is -1.89. The standard InChI is InChI=1S/C12H13NO5S/c14-8-3-1-2-7(9(8)15)10(16)13-12(11(17)18)4-5-19-6-12/h1-3,14-15H,4-6H2,(H,13,16)(H,17,18). The van der Waals surface area contributed by atoms with Crippen molar-refractivity contribution in [3.8, 4) is 11.5 Å². The number of benzene rings is 1. The van der Waals surface area contributed by atoms with Crippen LogP contribution in [0.3, 0.4) is 0 Å². The predicted molar refractivity (Wildman–Crippen MR) is 69.5 cm³/mol. The highest BCUT2D eigenvalue weighted by Crippen LogP contribution is 2.31. The lowest BCUT2D eigenvalue weighted by Gasteiger charge is -2.24. The van der Waals surface area contributed by atoms with Crippen molar-refractivity contribution in [2.75, 3.05) is 11.5 Å². The summed E-state index contributed by atoms with van der Waals surface area (Å²) in [7, 11) is 0. The first-order valence-corrected chi connectivity index (χ1v) is 6.76. The molecule has 1 heterocycles. The van der Waals surface area contributed by atoms with E-state index in [0.29, 0.717) is 12.2 Å². The molecule has 102 valence electrons. The van der Waals surface area contributed by atoms with E-state index in [-0.39, 0.29) is 11.3 Å². The van der Waals surface area contributed by atoms with Gasteiger partial charge < -0.3 is 20.6 Å². The monoisotopic (exact) mass is 283 g/mol. The van der Waals surface area contributed by atoms with Crippen molar-refractivity contribution in [1.82, 2.24) is 5.32 Å². The van der Waals surface area contributed by atoms with Crippen LogP contribution in [0.15, 0.2) is 18.2 Å². The van der Waals surface area contributed by atoms with Gasteiger partial charge in [0.15, 0.2) is 11.5 Å². The maximum atomic E-state index is 12.0. The molecule has 1 aromatic rings. The molecular formula is C12H13NO5S. The van der Waals surface area contributed by atoms with Crippen molar-refractivity contribution < 1.29 is 24.9 Å². The molecule has 1 aliphatic heterocycles. The zero-order chi connectivity index (χ0) is 14.0. The number of carboxylic acid groups (broad SMARTS) is 1. The summed E-state index contributed by atoms with van der Waals surface area (Å²) in [6.45, 7) is 0. The topological polar surface area (TPSA) is 107 Å². The van der Waals surface area contributed by atoms with E-state index in [0.717, 1.165) is 0 Å². The van der Waals surface area contributed by atoms with E-state index >= 15 is 0 Å². The lowest BCUT2D eigenvalue weighted by atomic mass is 9.98. The Kier molecular flexibility index (Phi) is 3.57. The molecule has 1 saturated heterocycles. The Balaban J connectivity index is 2.25. The van der Waals surface area contributed by atoms with Crippen molar-refractivity contribution in [2.24, 2.45) is 0 Å². The lowest BCUT2D eigenvalue weighted by molar-refractivity contribution is -0.143. The van der Waals surface area contributed by atoms with E-state index in [2.05, 4.69) is 5.32 Å². The molecule has 1 atom stereocenters. The Morgan fingerprint density at radius 1 is 1.32 bits per heavy atom. The molecule has 1 unspecified atom stereocenters. The number of phenolic OH excluding ortho intramolecular Hbond substituents is 2. The highest BCUT2D eigenvalue weighted by Gasteiger charge is 2.43. The fourth-order valence-electron chi connectivity index (χ4n) is 1.88. The molecule has 4 N–H and O–H groups in total. The van der Waals surface area contributed by atoms with Gasteiger partial charge in [0.05, 0.1) is 5.56 Å². The number of rotatable bonds is 3. The van der Waals surface area contributed by atoms with E-state index in [1.54, 1.807) is 0 Å². The molecule has 0 saturated carbocycles. The van der Waals surface area contributed by atoms with Gasteiger partial charge in [-0.15, -0.1) is 0 Å². The Bertz CT molecular complexity index is 525. The number of carbonyl (C=O) groups excluding carboxylic acids is 1. The van der Waals surface area contributed by atoms with Crippen LogP contribution in [0.2, 0.25) is 0 Å². The molecule has 0 spiro atoms. The summed E-state index contributed by atoms with van der Waals surface area (Å²) < 4.78 is 0. The number of amides is 1. The fraction of sp³-hybridized carbons (Fsp3) is 0.333. The zero-order valence-electron chi connectivity index (χ0n) is 9.92. The summed E-state index contributed by atoms with van der Waals surface area (Å²) in [5.41, 5.74) is -1.45.